The molecule has 2 aromatic heterocycles. The molecule has 10 heteroatoms. The minimum atomic E-state index is -0.682. The summed E-state index contributed by atoms with van der Waals surface area (Å²) in [5, 5.41) is 0.991. The number of allylic oxidation sites excluding steroid dienone is 1. The lowest BCUT2D eigenvalue weighted by atomic mass is 9.95. The highest BCUT2D eigenvalue weighted by Gasteiger charge is 2.33. The van der Waals surface area contributed by atoms with Gasteiger partial charge < -0.3 is 14.1 Å². The van der Waals surface area contributed by atoms with Gasteiger partial charge in [-0.2, -0.15) is 0 Å². The molecule has 0 radical (unpaired) electrons. The summed E-state index contributed by atoms with van der Waals surface area (Å²) in [4.78, 5) is 34.0. The van der Waals surface area contributed by atoms with Crippen LogP contribution in [0.2, 0.25) is 10.0 Å². The number of carbonyl (C=O) groups is 1. The van der Waals surface area contributed by atoms with Crippen LogP contribution in [0.15, 0.2) is 80.1 Å². The maximum absolute atomic E-state index is 13.8. The molecule has 0 fully saturated rings. The van der Waals surface area contributed by atoms with Gasteiger partial charge in [0.2, 0.25) is 0 Å². The zero-order chi connectivity index (χ0) is 27.8. The number of esters is 1. The zero-order valence-electron chi connectivity index (χ0n) is 21.7. The molecular formula is C29H25Cl2N3O4S. The van der Waals surface area contributed by atoms with E-state index in [-0.39, 0.29) is 12.2 Å². The average molecular weight is 583 g/mol. The summed E-state index contributed by atoms with van der Waals surface area (Å²) in [5.74, 6) is 0.537. The minimum absolute atomic E-state index is 0.213. The van der Waals surface area contributed by atoms with Gasteiger partial charge in [-0.3, -0.25) is 9.36 Å². The van der Waals surface area contributed by atoms with Gasteiger partial charge in [0.1, 0.15) is 11.5 Å². The third-order valence-electron chi connectivity index (χ3n) is 6.34. The van der Waals surface area contributed by atoms with Gasteiger partial charge in [-0.25, -0.2) is 9.79 Å². The fourth-order valence-electron chi connectivity index (χ4n) is 4.46. The molecule has 0 saturated carbocycles. The number of fused-ring (bicyclic) bond motifs is 1. The molecule has 3 heterocycles. The van der Waals surface area contributed by atoms with E-state index in [1.807, 2.05) is 43.3 Å². The number of rotatable bonds is 6. The third-order valence-corrected chi connectivity index (χ3v) is 7.87. The van der Waals surface area contributed by atoms with Gasteiger partial charge in [-0.1, -0.05) is 46.7 Å². The second-order valence-electron chi connectivity index (χ2n) is 9.11. The van der Waals surface area contributed by atoms with Crippen LogP contribution in [0.3, 0.4) is 0 Å². The van der Waals surface area contributed by atoms with E-state index >= 15 is 0 Å². The van der Waals surface area contributed by atoms with Crippen molar-refractivity contribution in [2.45, 2.75) is 19.9 Å². The zero-order valence-corrected chi connectivity index (χ0v) is 24.0. The topological polar surface area (TPSA) is 77.0 Å². The van der Waals surface area contributed by atoms with Crippen molar-refractivity contribution in [3.05, 3.63) is 107 Å². The Kier molecular flexibility index (Phi) is 7.53. The van der Waals surface area contributed by atoms with Gasteiger partial charge in [0, 0.05) is 36.4 Å². The van der Waals surface area contributed by atoms with E-state index < -0.39 is 12.0 Å². The van der Waals surface area contributed by atoms with Gasteiger partial charge in [-0.05, 0) is 61.9 Å². The Labute approximate surface area is 238 Å². The Morgan fingerprint density at radius 1 is 1.15 bits per heavy atom. The molecule has 4 aromatic rings. The van der Waals surface area contributed by atoms with Crippen LogP contribution in [0.25, 0.3) is 17.4 Å². The Balaban J connectivity index is 1.63. The van der Waals surface area contributed by atoms with E-state index in [0.717, 1.165) is 11.3 Å². The number of hydrogen-bond donors (Lipinski definition) is 0. The highest BCUT2D eigenvalue weighted by molar-refractivity contribution is 7.07. The van der Waals surface area contributed by atoms with Crippen molar-refractivity contribution < 1.29 is 13.9 Å². The smallest absolute Gasteiger partial charge is 0.338 e. The molecule has 2 aromatic carbocycles. The quantitative estimate of drug-likeness (QED) is 0.284. The molecule has 0 aliphatic carbocycles. The monoisotopic (exact) mass is 581 g/mol. The maximum Gasteiger partial charge on any atom is 0.338 e. The largest absolute Gasteiger partial charge is 0.463 e. The van der Waals surface area contributed by atoms with Crippen LogP contribution in [-0.2, 0) is 9.53 Å². The van der Waals surface area contributed by atoms with E-state index in [1.165, 1.54) is 11.3 Å². The number of ether oxygens (including phenoxy) is 1. The lowest BCUT2D eigenvalue weighted by Crippen LogP contribution is -2.39. The SMILES string of the molecule is CCOC(=O)C1=C(C)N=c2s/c(=C\c3ccc(-c4ccc(Cl)cc4Cl)o3)c(=O)n2C1c1ccc(N(C)C)cc1. The number of hydrogen-bond acceptors (Lipinski definition) is 7. The summed E-state index contributed by atoms with van der Waals surface area (Å²) >= 11 is 13.6. The summed E-state index contributed by atoms with van der Waals surface area (Å²) in [5.41, 5.74) is 3.05. The van der Waals surface area contributed by atoms with Crippen LogP contribution in [0.1, 0.15) is 31.2 Å². The molecule has 39 heavy (non-hydrogen) atoms. The third kappa shape index (κ3) is 5.20. The summed E-state index contributed by atoms with van der Waals surface area (Å²) in [6.07, 6.45) is 1.67. The van der Waals surface area contributed by atoms with E-state index in [2.05, 4.69) is 4.99 Å². The van der Waals surface area contributed by atoms with Gasteiger partial charge in [0.05, 0.1) is 33.5 Å². The molecule has 0 bridgehead atoms. The van der Waals surface area contributed by atoms with Crippen molar-refractivity contribution in [3.63, 3.8) is 0 Å². The number of aromatic nitrogens is 1. The molecule has 1 unspecified atom stereocenters. The predicted molar refractivity (Wildman–Crippen MR) is 155 cm³/mol. The molecule has 1 aliphatic rings. The first-order chi connectivity index (χ1) is 18.7. The standard InChI is InChI=1S/C29H25Cl2N3O4S/c1-5-37-28(36)25-16(2)32-29-34(26(25)17-6-9-19(10-7-17)33(3)4)27(35)24(39-29)15-20-11-13-23(38-20)21-12-8-18(30)14-22(21)31/h6-15,26H,5H2,1-4H3/b24-15-. The van der Waals surface area contributed by atoms with Gasteiger partial charge in [0.15, 0.2) is 4.80 Å². The number of thiazole rings is 1. The Morgan fingerprint density at radius 2 is 1.90 bits per heavy atom. The molecule has 0 saturated heterocycles. The number of anilines is 1. The van der Waals surface area contributed by atoms with Gasteiger partial charge in [-0.15, -0.1) is 0 Å². The average Bonchev–Trinajstić information content (AvgIpc) is 3.47. The Morgan fingerprint density at radius 3 is 2.56 bits per heavy atom. The molecule has 0 spiro atoms. The van der Waals surface area contributed by atoms with Gasteiger partial charge in [0.25, 0.3) is 5.56 Å². The number of nitrogens with zero attached hydrogens (tertiary/aromatic N) is 3. The van der Waals surface area contributed by atoms with Crippen LogP contribution >= 0.6 is 34.5 Å². The van der Waals surface area contributed by atoms with Crippen molar-refractivity contribution >= 4 is 52.3 Å². The minimum Gasteiger partial charge on any atom is -0.463 e. The molecule has 1 atom stereocenters. The summed E-state index contributed by atoms with van der Waals surface area (Å²) in [6.45, 7) is 3.72. The van der Waals surface area contributed by atoms with Crippen molar-refractivity contribution in [3.8, 4) is 11.3 Å². The first kappa shape index (κ1) is 27.0. The van der Waals surface area contributed by atoms with Crippen LogP contribution in [-0.4, -0.2) is 31.2 Å². The van der Waals surface area contributed by atoms with E-state index in [9.17, 15) is 9.59 Å². The van der Waals surface area contributed by atoms with Crippen LogP contribution in [0, 0.1) is 0 Å². The summed E-state index contributed by atoms with van der Waals surface area (Å²) < 4.78 is 13.3. The number of halogens is 2. The highest BCUT2D eigenvalue weighted by Crippen LogP contribution is 2.33. The molecular weight excluding hydrogens is 557 g/mol. The molecule has 200 valence electrons. The predicted octanol–water partition coefficient (Wildman–Crippen LogP) is 5.43. The Hall–Kier alpha value is -3.59. The number of carbonyl (C=O) groups excluding carboxylic acids is 1. The van der Waals surface area contributed by atoms with E-state index in [1.54, 1.807) is 54.8 Å². The molecule has 0 N–H and O–H groups in total. The molecule has 7 nitrogen and oxygen atoms in total. The summed E-state index contributed by atoms with van der Waals surface area (Å²) in [7, 11) is 3.90. The molecule has 1 aliphatic heterocycles. The van der Waals surface area contributed by atoms with Gasteiger partial charge >= 0.3 is 5.97 Å². The van der Waals surface area contributed by atoms with Crippen molar-refractivity contribution in [2.24, 2.45) is 4.99 Å². The number of furan rings is 1. The fraction of sp³-hybridized carbons (Fsp3) is 0.207. The van der Waals surface area contributed by atoms with Crippen molar-refractivity contribution in [1.82, 2.24) is 4.57 Å². The normalized spacial score (nSPS) is 15.2. The Bertz CT molecular complexity index is 1780. The van der Waals surface area contributed by atoms with Crippen LogP contribution in [0.4, 0.5) is 5.69 Å². The van der Waals surface area contributed by atoms with E-state index in [4.69, 9.17) is 32.4 Å². The highest BCUT2D eigenvalue weighted by atomic mass is 35.5. The maximum atomic E-state index is 13.8. The summed E-state index contributed by atoms with van der Waals surface area (Å²) in [6, 6.07) is 15.8. The second-order valence-corrected chi connectivity index (χ2v) is 11.0. The van der Waals surface area contributed by atoms with Crippen molar-refractivity contribution in [2.75, 3.05) is 25.6 Å². The van der Waals surface area contributed by atoms with Crippen LogP contribution < -0.4 is 19.8 Å². The molecule has 0 amide bonds. The number of benzene rings is 2. The second kappa shape index (κ2) is 10.9. The lowest BCUT2D eigenvalue weighted by Gasteiger charge is -2.25. The van der Waals surface area contributed by atoms with Crippen LogP contribution in [0.5, 0.6) is 0 Å². The van der Waals surface area contributed by atoms with Crippen molar-refractivity contribution in [1.29, 1.82) is 0 Å². The first-order valence-electron chi connectivity index (χ1n) is 12.2. The first-order valence-corrected chi connectivity index (χ1v) is 13.8. The molecule has 5 rings (SSSR count). The lowest BCUT2D eigenvalue weighted by molar-refractivity contribution is -0.139. The van der Waals surface area contributed by atoms with E-state index in [0.29, 0.717) is 47.7 Å². The fourth-order valence-corrected chi connectivity index (χ4v) is 5.98.